The molecule has 0 aromatic heterocycles. The minimum atomic E-state index is -0.245. The molecule has 0 radical (unpaired) electrons. The van der Waals surface area contributed by atoms with Crippen molar-refractivity contribution in [3.05, 3.63) is 24.8 Å². The van der Waals surface area contributed by atoms with E-state index >= 15 is 0 Å². The lowest BCUT2D eigenvalue weighted by atomic mass is 10.2. The normalized spacial score (nSPS) is 9.56. The summed E-state index contributed by atoms with van der Waals surface area (Å²) in [6.45, 7) is 3.44. The van der Waals surface area contributed by atoms with Crippen LogP contribution in [-0.2, 0) is 4.79 Å². The van der Waals surface area contributed by atoms with E-state index in [-0.39, 0.29) is 5.91 Å². The Balaban J connectivity index is 3.28. The Labute approximate surface area is 107 Å². The largest absolute Gasteiger partial charge is 0.495 e. The van der Waals surface area contributed by atoms with Crippen molar-refractivity contribution in [2.24, 2.45) is 0 Å². The van der Waals surface area contributed by atoms with Crippen LogP contribution in [0, 0.1) is 0 Å². The molecule has 0 fully saturated rings. The summed E-state index contributed by atoms with van der Waals surface area (Å²) in [5, 5.41) is 5.80. The quantitative estimate of drug-likeness (QED) is 0.783. The van der Waals surface area contributed by atoms with E-state index in [0.29, 0.717) is 5.69 Å². The molecule has 5 heteroatoms. The van der Waals surface area contributed by atoms with Crippen molar-refractivity contribution >= 4 is 23.0 Å². The highest BCUT2D eigenvalue weighted by atomic mass is 16.5. The highest BCUT2D eigenvalue weighted by Crippen LogP contribution is 2.36. The summed E-state index contributed by atoms with van der Waals surface area (Å²) in [5.41, 5.74) is 2.37. The summed E-state index contributed by atoms with van der Waals surface area (Å²) in [4.78, 5) is 13.3. The van der Waals surface area contributed by atoms with Crippen molar-refractivity contribution in [2.45, 2.75) is 0 Å². The molecule has 0 saturated heterocycles. The zero-order valence-electron chi connectivity index (χ0n) is 11.2. The number of methoxy groups -OCH3 is 1. The van der Waals surface area contributed by atoms with Gasteiger partial charge in [-0.2, -0.15) is 0 Å². The molecule has 0 heterocycles. The average Bonchev–Trinajstić information content (AvgIpc) is 2.37. The Morgan fingerprint density at radius 1 is 1.39 bits per heavy atom. The fourth-order valence-electron chi connectivity index (χ4n) is 1.59. The number of nitrogens with one attached hydrogen (secondary N) is 2. The highest BCUT2D eigenvalue weighted by molar-refractivity contribution is 6.02. The van der Waals surface area contributed by atoms with Gasteiger partial charge >= 0.3 is 0 Å². The molecule has 0 saturated carbocycles. The van der Waals surface area contributed by atoms with E-state index in [9.17, 15) is 4.79 Å². The number of amides is 1. The van der Waals surface area contributed by atoms with Crippen LogP contribution in [0.1, 0.15) is 0 Å². The first-order valence-corrected chi connectivity index (χ1v) is 5.54. The summed E-state index contributed by atoms with van der Waals surface area (Å²) < 4.78 is 5.29. The van der Waals surface area contributed by atoms with Gasteiger partial charge in [-0.05, 0) is 12.1 Å². The van der Waals surface area contributed by atoms with Gasteiger partial charge in [0.15, 0.2) is 0 Å². The van der Waals surface area contributed by atoms with Gasteiger partial charge in [0.25, 0.3) is 0 Å². The van der Waals surface area contributed by atoms with Gasteiger partial charge in [0.2, 0.25) is 5.91 Å². The van der Waals surface area contributed by atoms with Crippen LogP contribution in [0.15, 0.2) is 24.8 Å². The van der Waals surface area contributed by atoms with Crippen molar-refractivity contribution < 1.29 is 9.53 Å². The number of hydrogen-bond donors (Lipinski definition) is 2. The van der Waals surface area contributed by atoms with E-state index in [1.54, 1.807) is 14.2 Å². The van der Waals surface area contributed by atoms with Gasteiger partial charge in [-0.25, -0.2) is 0 Å². The molecule has 98 valence electrons. The number of hydrogen-bond acceptors (Lipinski definition) is 4. The number of benzene rings is 1. The van der Waals surface area contributed by atoms with Gasteiger partial charge in [0.1, 0.15) is 5.75 Å². The first-order chi connectivity index (χ1) is 8.53. The van der Waals surface area contributed by atoms with Crippen molar-refractivity contribution in [3.63, 3.8) is 0 Å². The zero-order chi connectivity index (χ0) is 13.7. The third-order valence-corrected chi connectivity index (χ3v) is 2.51. The summed E-state index contributed by atoms with van der Waals surface area (Å²) >= 11 is 0. The van der Waals surface area contributed by atoms with Crippen LogP contribution in [0.3, 0.4) is 0 Å². The maximum absolute atomic E-state index is 11.4. The molecule has 1 amide bonds. The van der Waals surface area contributed by atoms with Gasteiger partial charge in [0.05, 0.1) is 24.2 Å². The Kier molecular flexibility index (Phi) is 4.59. The first kappa shape index (κ1) is 13.9. The van der Waals surface area contributed by atoms with E-state index in [0.717, 1.165) is 17.1 Å². The van der Waals surface area contributed by atoms with Crippen LogP contribution in [0.25, 0.3) is 0 Å². The summed E-state index contributed by atoms with van der Waals surface area (Å²) in [5.74, 6) is 0.475. The molecule has 2 N–H and O–H groups in total. The van der Waals surface area contributed by atoms with Gasteiger partial charge in [-0.15, -0.1) is 0 Å². The first-order valence-electron chi connectivity index (χ1n) is 5.54. The Morgan fingerprint density at radius 2 is 2.06 bits per heavy atom. The number of ether oxygens (including phenoxy) is 1. The molecule has 0 unspecified atom stereocenters. The molecule has 0 bridgehead atoms. The van der Waals surface area contributed by atoms with Gasteiger partial charge in [-0.1, -0.05) is 6.58 Å². The number of carbonyl (C=O) groups excluding carboxylic acids is 1. The Bertz CT molecular complexity index is 456. The lowest BCUT2D eigenvalue weighted by Crippen LogP contribution is -2.15. The standard InChI is InChI=1S/C13H19N3O2/c1-6-13(17)15-9-7-10(14-2)12(18-5)8-11(9)16(3)4/h6-8,14H,1H2,2-5H3,(H,15,17). The predicted octanol–water partition coefficient (Wildman–Crippen LogP) is 1.93. The van der Waals surface area contributed by atoms with Crippen LogP contribution in [0.2, 0.25) is 0 Å². The molecule has 0 atom stereocenters. The van der Waals surface area contributed by atoms with Crippen LogP contribution < -0.4 is 20.3 Å². The molecule has 5 nitrogen and oxygen atoms in total. The predicted molar refractivity (Wildman–Crippen MR) is 75.7 cm³/mol. The molecule has 1 aromatic rings. The van der Waals surface area contributed by atoms with E-state index in [1.165, 1.54) is 6.08 Å². The maximum Gasteiger partial charge on any atom is 0.247 e. The van der Waals surface area contributed by atoms with E-state index in [1.807, 2.05) is 31.1 Å². The monoisotopic (exact) mass is 249 g/mol. The molecule has 0 aliphatic carbocycles. The zero-order valence-corrected chi connectivity index (χ0v) is 11.2. The molecule has 18 heavy (non-hydrogen) atoms. The average molecular weight is 249 g/mol. The molecule has 0 aliphatic rings. The number of anilines is 3. The topological polar surface area (TPSA) is 53.6 Å². The second kappa shape index (κ2) is 5.95. The smallest absolute Gasteiger partial charge is 0.247 e. The van der Waals surface area contributed by atoms with Crippen LogP contribution in [0.4, 0.5) is 17.1 Å². The molecule has 1 aromatic carbocycles. The fraction of sp³-hybridized carbons (Fsp3) is 0.308. The Hall–Kier alpha value is -2.17. The summed E-state index contributed by atoms with van der Waals surface area (Å²) in [6.07, 6.45) is 1.24. The minimum absolute atomic E-state index is 0.245. The molecular weight excluding hydrogens is 230 g/mol. The van der Waals surface area contributed by atoms with Crippen LogP contribution in [-0.4, -0.2) is 34.2 Å². The second-order valence-electron chi connectivity index (χ2n) is 3.91. The number of carbonyl (C=O) groups is 1. The van der Waals surface area contributed by atoms with Crippen molar-refractivity contribution in [3.8, 4) is 5.75 Å². The van der Waals surface area contributed by atoms with Crippen LogP contribution >= 0.6 is 0 Å². The third-order valence-electron chi connectivity index (χ3n) is 2.51. The lowest BCUT2D eigenvalue weighted by Gasteiger charge is -2.20. The number of nitrogens with zero attached hydrogens (tertiary/aromatic N) is 1. The van der Waals surface area contributed by atoms with Crippen LogP contribution in [0.5, 0.6) is 5.75 Å². The minimum Gasteiger partial charge on any atom is -0.495 e. The van der Waals surface area contributed by atoms with E-state index < -0.39 is 0 Å². The Morgan fingerprint density at radius 3 is 2.50 bits per heavy atom. The summed E-state index contributed by atoms with van der Waals surface area (Å²) in [6, 6.07) is 3.69. The maximum atomic E-state index is 11.4. The number of rotatable bonds is 5. The van der Waals surface area contributed by atoms with Crippen molar-refractivity contribution in [1.82, 2.24) is 0 Å². The van der Waals surface area contributed by atoms with Crippen molar-refractivity contribution in [2.75, 3.05) is 43.8 Å². The lowest BCUT2D eigenvalue weighted by molar-refractivity contribution is -0.111. The molecule has 1 rings (SSSR count). The highest BCUT2D eigenvalue weighted by Gasteiger charge is 2.12. The SMILES string of the molecule is C=CC(=O)Nc1cc(NC)c(OC)cc1N(C)C. The van der Waals surface area contributed by atoms with E-state index in [2.05, 4.69) is 17.2 Å². The molecule has 0 aliphatic heterocycles. The molecule has 0 spiro atoms. The van der Waals surface area contributed by atoms with E-state index in [4.69, 9.17) is 4.74 Å². The molecular formula is C13H19N3O2. The van der Waals surface area contributed by atoms with Crippen molar-refractivity contribution in [1.29, 1.82) is 0 Å². The van der Waals surface area contributed by atoms with Gasteiger partial charge in [0, 0.05) is 27.2 Å². The second-order valence-corrected chi connectivity index (χ2v) is 3.91. The third kappa shape index (κ3) is 2.94. The van der Waals surface area contributed by atoms with Gasteiger partial charge < -0.3 is 20.3 Å². The fourth-order valence-corrected chi connectivity index (χ4v) is 1.59. The van der Waals surface area contributed by atoms with Gasteiger partial charge in [-0.3, -0.25) is 4.79 Å². The summed E-state index contributed by atoms with van der Waals surface area (Å²) in [7, 11) is 7.21.